The summed E-state index contributed by atoms with van der Waals surface area (Å²) in [6, 6.07) is 0. The monoisotopic (exact) mass is 987 g/mol. The predicted octanol–water partition coefficient (Wildman–Crippen LogP) is 7.15. The minimum atomic E-state index is -1.78. The molecule has 7 N–H and O–H groups in total. The Balaban J connectivity index is 1.83. The van der Waals surface area contributed by atoms with Crippen molar-refractivity contribution < 1.29 is 73.8 Å². The van der Waals surface area contributed by atoms with Crippen molar-refractivity contribution in [2.75, 3.05) is 26.4 Å². The molecule has 0 aliphatic carbocycles. The SMILES string of the molecule is CC/C=C/C=C/C=C/CCCCCCCC(=O)OC(COC(=O)CCCC/C=C/C/C=C/C/C=C/C/C=C/C/C=C/C/C=C/CC)CO[C@@H]1O[C@H](CO[C@@H]2O[C@H](CO)[C@H](O)C(O)C2O)[C@H](O)C(O)C1O. The second-order valence-electron chi connectivity index (χ2n) is 17.3. The maximum Gasteiger partial charge on any atom is 0.306 e. The number of aliphatic hydroxyl groups excluding tert-OH is 7. The molecule has 5 unspecified atom stereocenters. The van der Waals surface area contributed by atoms with Crippen molar-refractivity contribution >= 4 is 11.9 Å². The second kappa shape index (κ2) is 40.7. The van der Waals surface area contributed by atoms with Crippen LogP contribution >= 0.6 is 0 Å². The Morgan fingerprint density at radius 1 is 0.471 bits per heavy atom. The van der Waals surface area contributed by atoms with Crippen LogP contribution in [0, 0.1) is 0 Å². The molecule has 15 heteroatoms. The third kappa shape index (κ3) is 28.3. The number of carbonyl (C=O) groups is 2. The number of esters is 2. The van der Waals surface area contributed by atoms with Crippen LogP contribution in [0.3, 0.4) is 0 Å². The van der Waals surface area contributed by atoms with Gasteiger partial charge in [-0.25, -0.2) is 0 Å². The van der Waals surface area contributed by atoms with E-state index in [1.54, 1.807) is 0 Å². The molecule has 0 aromatic carbocycles. The van der Waals surface area contributed by atoms with Crippen LogP contribution in [0.25, 0.3) is 0 Å². The van der Waals surface area contributed by atoms with Crippen molar-refractivity contribution in [2.45, 2.75) is 197 Å². The third-order valence-corrected chi connectivity index (χ3v) is 11.3. The summed E-state index contributed by atoms with van der Waals surface area (Å²) in [5, 5.41) is 72.1. The molecule has 2 saturated heterocycles. The normalized spacial score (nSPS) is 26.3. The number of carbonyl (C=O) groups excluding carboxylic acids is 2. The fourth-order valence-electron chi connectivity index (χ4n) is 7.16. The summed E-state index contributed by atoms with van der Waals surface area (Å²) >= 11 is 0. The van der Waals surface area contributed by atoms with Gasteiger partial charge in [-0.15, -0.1) is 0 Å². The zero-order valence-electron chi connectivity index (χ0n) is 41.7. The number of aliphatic hydroxyl groups is 7. The van der Waals surface area contributed by atoms with E-state index in [9.17, 15) is 45.3 Å². The molecule has 2 aliphatic heterocycles. The first kappa shape index (κ1) is 62.3. The van der Waals surface area contributed by atoms with Gasteiger partial charge in [0.05, 0.1) is 19.8 Å². The van der Waals surface area contributed by atoms with E-state index in [1.165, 1.54) is 0 Å². The van der Waals surface area contributed by atoms with Gasteiger partial charge in [-0.1, -0.05) is 142 Å². The lowest BCUT2D eigenvalue weighted by Gasteiger charge is -2.42. The zero-order valence-corrected chi connectivity index (χ0v) is 41.7. The molecule has 0 amide bonds. The fourth-order valence-corrected chi connectivity index (χ4v) is 7.16. The van der Waals surface area contributed by atoms with E-state index in [4.69, 9.17) is 28.4 Å². The van der Waals surface area contributed by atoms with E-state index in [1.807, 2.05) is 24.3 Å². The lowest BCUT2D eigenvalue weighted by molar-refractivity contribution is -0.332. The molecule has 0 aromatic rings. The van der Waals surface area contributed by atoms with E-state index in [2.05, 4.69) is 98.9 Å². The fraction of sp³-hybridized carbons (Fsp3) is 0.636. The van der Waals surface area contributed by atoms with Crippen molar-refractivity contribution in [2.24, 2.45) is 0 Å². The van der Waals surface area contributed by atoms with Crippen molar-refractivity contribution in [3.05, 3.63) is 109 Å². The molecule has 0 aromatic heterocycles. The molecular weight excluding hydrogens is 901 g/mol. The zero-order chi connectivity index (χ0) is 51.0. The van der Waals surface area contributed by atoms with Crippen molar-refractivity contribution in [3.8, 4) is 0 Å². The number of allylic oxidation sites excluding steroid dienone is 18. The van der Waals surface area contributed by atoms with Crippen LogP contribution in [0.2, 0.25) is 0 Å². The molecule has 11 atom stereocenters. The molecule has 0 saturated carbocycles. The Labute approximate surface area is 417 Å². The second-order valence-corrected chi connectivity index (χ2v) is 17.3. The summed E-state index contributed by atoms with van der Waals surface area (Å²) in [7, 11) is 0. The maximum atomic E-state index is 13.0. The van der Waals surface area contributed by atoms with Gasteiger partial charge in [0.1, 0.15) is 55.4 Å². The van der Waals surface area contributed by atoms with Gasteiger partial charge in [-0.2, -0.15) is 0 Å². The largest absolute Gasteiger partial charge is 0.462 e. The average molecular weight is 987 g/mol. The summed E-state index contributed by atoms with van der Waals surface area (Å²) in [5.74, 6) is -1.01. The third-order valence-electron chi connectivity index (χ3n) is 11.3. The van der Waals surface area contributed by atoms with Crippen LogP contribution in [0.4, 0.5) is 0 Å². The summed E-state index contributed by atoms with van der Waals surface area (Å²) < 4.78 is 33.5. The highest BCUT2D eigenvalue weighted by atomic mass is 16.7. The molecular formula is C55H86O15. The number of hydrogen-bond donors (Lipinski definition) is 7. The Morgan fingerprint density at radius 2 is 0.929 bits per heavy atom. The van der Waals surface area contributed by atoms with E-state index < -0.39 is 99.3 Å². The van der Waals surface area contributed by atoms with Crippen molar-refractivity contribution in [1.82, 2.24) is 0 Å². The number of hydrogen-bond acceptors (Lipinski definition) is 15. The molecule has 2 aliphatic rings. The molecule has 2 rings (SSSR count). The lowest BCUT2D eigenvalue weighted by Crippen LogP contribution is -2.61. The van der Waals surface area contributed by atoms with Gasteiger partial charge >= 0.3 is 11.9 Å². The van der Waals surface area contributed by atoms with E-state index in [0.717, 1.165) is 89.9 Å². The van der Waals surface area contributed by atoms with Crippen LogP contribution in [-0.4, -0.2) is 142 Å². The highest BCUT2D eigenvalue weighted by Gasteiger charge is 2.47. The Hall–Kier alpha value is -3.84. The smallest absolute Gasteiger partial charge is 0.306 e. The minimum absolute atomic E-state index is 0.125. The number of unbranched alkanes of at least 4 members (excludes halogenated alkanes) is 7. The van der Waals surface area contributed by atoms with E-state index >= 15 is 0 Å². The van der Waals surface area contributed by atoms with Crippen LogP contribution in [0.15, 0.2) is 109 Å². The van der Waals surface area contributed by atoms with Crippen LogP contribution in [-0.2, 0) is 38.0 Å². The van der Waals surface area contributed by atoms with Crippen molar-refractivity contribution in [1.29, 1.82) is 0 Å². The molecule has 70 heavy (non-hydrogen) atoms. The minimum Gasteiger partial charge on any atom is -0.462 e. The first-order chi connectivity index (χ1) is 34.0. The summed E-state index contributed by atoms with van der Waals surface area (Å²) in [5.41, 5.74) is 0. The lowest BCUT2D eigenvalue weighted by atomic mass is 9.98. The number of rotatable bonds is 37. The molecule has 0 bridgehead atoms. The van der Waals surface area contributed by atoms with E-state index in [-0.39, 0.29) is 19.4 Å². The maximum absolute atomic E-state index is 13.0. The molecule has 2 fully saturated rings. The molecule has 2 heterocycles. The average Bonchev–Trinajstić information content (AvgIpc) is 3.35. The van der Waals surface area contributed by atoms with Gasteiger partial charge in [0.2, 0.25) is 0 Å². The quantitative estimate of drug-likeness (QED) is 0.0142. The summed E-state index contributed by atoms with van der Waals surface area (Å²) in [6.07, 6.45) is 35.5. The molecule has 0 spiro atoms. The van der Waals surface area contributed by atoms with Gasteiger partial charge in [-0.3, -0.25) is 9.59 Å². The first-order valence-corrected chi connectivity index (χ1v) is 25.5. The Bertz CT molecular complexity index is 1630. The van der Waals surface area contributed by atoms with Crippen LogP contribution in [0.5, 0.6) is 0 Å². The van der Waals surface area contributed by atoms with Crippen LogP contribution < -0.4 is 0 Å². The Kier molecular flexibility index (Phi) is 36.2. The molecule has 0 radical (unpaired) electrons. The highest BCUT2D eigenvalue weighted by molar-refractivity contribution is 5.70. The first-order valence-electron chi connectivity index (χ1n) is 25.5. The number of ether oxygens (including phenoxy) is 6. The van der Waals surface area contributed by atoms with E-state index in [0.29, 0.717) is 12.8 Å². The highest BCUT2D eigenvalue weighted by Crippen LogP contribution is 2.26. The topological polar surface area (TPSA) is 231 Å². The van der Waals surface area contributed by atoms with Crippen molar-refractivity contribution in [3.63, 3.8) is 0 Å². The predicted molar refractivity (Wildman–Crippen MR) is 270 cm³/mol. The standard InChI is InChI=1S/C55H86O15/c1-3-5-7-9-11-13-15-17-18-19-20-21-22-23-24-26-27-29-31-33-35-37-46(57)65-40-43(68-47(58)38-36-34-32-30-28-25-16-14-12-10-8-6-4-2)41-66-54-53(64)51(62)49(60)45(70-54)42-67-55-52(63)50(61)48(59)44(39-56)69-55/h5-8,10-14,16-18,20-21,23-24,27,29,43-45,48-56,59-64H,3-4,9,15,19,22,25-26,28,30-42H2,1-2H3/b7-5+,8-6+,12-10+,13-11+,16-14+,18-17+,21-20+,24-23+,29-27+/t43?,44-,45-,48+,49+,50?,51?,52?,53?,54-,55-/m1/s1. The molecule has 396 valence electrons. The van der Waals surface area contributed by atoms with Gasteiger partial charge in [0, 0.05) is 12.8 Å². The van der Waals surface area contributed by atoms with Gasteiger partial charge in [0.15, 0.2) is 18.7 Å². The van der Waals surface area contributed by atoms with Gasteiger partial charge in [0.25, 0.3) is 0 Å². The Morgan fingerprint density at radius 3 is 1.53 bits per heavy atom. The summed E-state index contributed by atoms with van der Waals surface area (Å²) in [6.45, 7) is 2.24. The van der Waals surface area contributed by atoms with Gasteiger partial charge < -0.3 is 64.2 Å². The van der Waals surface area contributed by atoms with Gasteiger partial charge in [-0.05, 0) is 83.5 Å². The summed E-state index contributed by atoms with van der Waals surface area (Å²) in [4.78, 5) is 25.7. The molecule has 15 nitrogen and oxygen atoms in total. The van der Waals surface area contributed by atoms with Crippen LogP contribution in [0.1, 0.15) is 129 Å².